The molecule has 0 heterocycles. The molecule has 2 unspecified atom stereocenters. The van der Waals surface area contributed by atoms with Crippen LogP contribution in [0.3, 0.4) is 0 Å². The Morgan fingerprint density at radius 2 is 0.902 bits per heavy atom. The van der Waals surface area contributed by atoms with Crippen molar-refractivity contribution in [3.8, 4) is 0 Å². The molecule has 0 saturated heterocycles. The van der Waals surface area contributed by atoms with Gasteiger partial charge in [-0.05, 0) is 103 Å². The summed E-state index contributed by atoms with van der Waals surface area (Å²) in [4.78, 5) is 25.1. The van der Waals surface area contributed by atoms with Crippen LogP contribution in [0, 0.1) is 0 Å². The summed E-state index contributed by atoms with van der Waals surface area (Å²) in [6.07, 6.45) is 62.2. The van der Waals surface area contributed by atoms with E-state index in [0.29, 0.717) is 24.1 Å². The number of phosphoric ester groups is 1. The van der Waals surface area contributed by atoms with Crippen molar-refractivity contribution in [3.05, 3.63) is 122 Å². The van der Waals surface area contributed by atoms with Gasteiger partial charge in [-0.2, -0.15) is 0 Å². The van der Waals surface area contributed by atoms with Gasteiger partial charge in [0, 0.05) is 13.0 Å². The van der Waals surface area contributed by atoms with Gasteiger partial charge in [0.15, 0.2) is 0 Å². The molecule has 8 nitrogen and oxygen atoms in total. The molecule has 0 spiro atoms. The smallest absolute Gasteiger partial charge is 0.306 e. The summed E-state index contributed by atoms with van der Waals surface area (Å²) in [5, 5.41) is 0. The normalized spacial score (nSPS) is 14.8. The average Bonchev–Trinajstić information content (AvgIpc) is 3.22. The fraction of sp³-hybridized carbons (Fsp3) is 0.596. The van der Waals surface area contributed by atoms with Crippen LogP contribution < -0.4 is 4.89 Å². The van der Waals surface area contributed by atoms with Crippen molar-refractivity contribution in [1.82, 2.24) is 0 Å². The first-order valence-electron chi connectivity index (χ1n) is 23.3. The number of hydrogen-bond donors (Lipinski definition) is 0. The fourth-order valence-corrected chi connectivity index (χ4v) is 6.21. The molecule has 0 fully saturated rings. The number of allylic oxidation sites excluding steroid dienone is 20. The van der Waals surface area contributed by atoms with Gasteiger partial charge in [-0.3, -0.25) is 9.36 Å². The van der Waals surface area contributed by atoms with Gasteiger partial charge in [0.1, 0.15) is 19.3 Å². The minimum Gasteiger partial charge on any atom is -0.756 e. The van der Waals surface area contributed by atoms with Crippen molar-refractivity contribution in [2.45, 2.75) is 148 Å². The number of esters is 1. The number of rotatable bonds is 41. The Morgan fingerprint density at radius 1 is 0.508 bits per heavy atom. The maximum Gasteiger partial charge on any atom is 0.306 e. The molecule has 0 aromatic carbocycles. The van der Waals surface area contributed by atoms with Crippen molar-refractivity contribution in [2.24, 2.45) is 0 Å². The molecule has 61 heavy (non-hydrogen) atoms. The number of quaternary nitrogens is 1. The molecule has 0 amide bonds. The van der Waals surface area contributed by atoms with Crippen molar-refractivity contribution in [3.63, 3.8) is 0 Å². The molecule has 0 aliphatic carbocycles. The van der Waals surface area contributed by atoms with Crippen molar-refractivity contribution >= 4 is 13.8 Å². The minimum atomic E-state index is -4.56. The van der Waals surface area contributed by atoms with Crippen molar-refractivity contribution < 1.29 is 37.3 Å². The monoisotopic (exact) mass is 868 g/mol. The molecule has 0 aromatic heterocycles. The Kier molecular flexibility index (Phi) is 41.3. The summed E-state index contributed by atoms with van der Waals surface area (Å²) in [6, 6.07) is 0. The molecule has 346 valence electrons. The second kappa shape index (κ2) is 43.5. The lowest BCUT2D eigenvalue weighted by molar-refractivity contribution is -0.870. The summed E-state index contributed by atoms with van der Waals surface area (Å²) in [5.74, 6) is -0.389. The van der Waals surface area contributed by atoms with Crippen molar-refractivity contribution in [1.29, 1.82) is 0 Å². The molecule has 0 rings (SSSR count). The van der Waals surface area contributed by atoms with E-state index in [1.165, 1.54) is 6.42 Å². The van der Waals surface area contributed by atoms with E-state index in [4.69, 9.17) is 18.5 Å². The number of unbranched alkanes of at least 4 members (excludes halogenated alkanes) is 7. The summed E-state index contributed by atoms with van der Waals surface area (Å²) >= 11 is 0. The zero-order chi connectivity index (χ0) is 44.8. The van der Waals surface area contributed by atoms with Gasteiger partial charge in [0.2, 0.25) is 0 Å². The molecular weight excluding hydrogens is 782 g/mol. The zero-order valence-electron chi connectivity index (χ0n) is 39.1. The number of carbonyl (C=O) groups excluding carboxylic acids is 1. The van der Waals surface area contributed by atoms with E-state index in [0.717, 1.165) is 109 Å². The third-order valence-corrected chi connectivity index (χ3v) is 9.97. The maximum absolute atomic E-state index is 12.7. The minimum absolute atomic E-state index is 0.00540. The summed E-state index contributed by atoms with van der Waals surface area (Å²) in [7, 11) is 1.29. The van der Waals surface area contributed by atoms with Crippen LogP contribution in [0.15, 0.2) is 122 Å². The first-order chi connectivity index (χ1) is 29.6. The zero-order valence-corrected chi connectivity index (χ0v) is 39.9. The molecule has 0 N–H and O–H groups in total. The predicted octanol–water partition coefficient (Wildman–Crippen LogP) is 13.5. The Hall–Kier alpha value is -3.10. The molecule has 0 saturated carbocycles. The lowest BCUT2D eigenvalue weighted by atomic mass is 10.1. The van der Waals surface area contributed by atoms with E-state index >= 15 is 0 Å². The van der Waals surface area contributed by atoms with Gasteiger partial charge in [-0.1, -0.05) is 155 Å². The van der Waals surface area contributed by atoms with Crippen LogP contribution in [0.2, 0.25) is 0 Å². The van der Waals surface area contributed by atoms with Crippen LogP contribution in [-0.2, 0) is 27.9 Å². The Labute approximate surface area is 373 Å². The molecule has 0 aliphatic heterocycles. The summed E-state index contributed by atoms with van der Waals surface area (Å²) in [6.45, 7) is 5.03. The van der Waals surface area contributed by atoms with E-state index in [1.807, 2.05) is 21.1 Å². The van der Waals surface area contributed by atoms with E-state index < -0.39 is 13.9 Å². The lowest BCUT2D eigenvalue weighted by Crippen LogP contribution is -2.37. The third kappa shape index (κ3) is 47.8. The second-order valence-corrected chi connectivity index (χ2v) is 17.4. The van der Waals surface area contributed by atoms with Crippen LogP contribution in [0.4, 0.5) is 0 Å². The van der Waals surface area contributed by atoms with Crippen LogP contribution in [0.1, 0.15) is 142 Å². The van der Waals surface area contributed by atoms with Crippen LogP contribution in [0.25, 0.3) is 0 Å². The maximum atomic E-state index is 12.7. The van der Waals surface area contributed by atoms with Crippen molar-refractivity contribution in [2.75, 3.05) is 54.1 Å². The van der Waals surface area contributed by atoms with Gasteiger partial charge in [-0.25, -0.2) is 0 Å². The standard InChI is InChI=1S/C52H86NO7P/c1-6-8-10-12-14-16-18-20-22-24-26-27-28-29-31-33-35-37-39-41-43-45-52(54)60-51(50-59-61(55,56)58-48-46-53(3,4)5)49-57-47-44-42-40-38-36-34-32-30-25-23-21-19-17-15-13-11-9-7-2/h8-11,14-17,20-23,26-27,29-32,35,37,51H,6-7,12-13,18-19,24-25,28,33-34,36,38-50H2,1-5H3/b10-8-,11-9-,16-14-,17-15-,22-20-,23-21-,27-26-,31-29-,32-30-,37-35-. The highest BCUT2D eigenvalue weighted by Crippen LogP contribution is 2.38. The largest absolute Gasteiger partial charge is 0.756 e. The predicted molar refractivity (Wildman–Crippen MR) is 258 cm³/mol. The first-order valence-corrected chi connectivity index (χ1v) is 24.7. The SMILES string of the molecule is CC/C=C\C/C=C\C/C=C\C/C=C\C/C=C\C/C=C\CCCCC(=O)OC(COCCCCCCC/C=C\C/C=C\C/C=C\C/C=C\CC)COP(=O)([O-])OCC[N+](C)(C)C. The third-order valence-electron chi connectivity index (χ3n) is 9.01. The van der Waals surface area contributed by atoms with E-state index in [2.05, 4.69) is 135 Å². The number of hydrogen-bond acceptors (Lipinski definition) is 7. The number of ether oxygens (including phenoxy) is 2. The Morgan fingerprint density at radius 3 is 1.34 bits per heavy atom. The van der Waals surface area contributed by atoms with Crippen LogP contribution in [-0.4, -0.2) is 70.7 Å². The number of nitrogens with zero attached hydrogens (tertiary/aromatic N) is 1. The molecule has 0 radical (unpaired) electrons. The molecular formula is C52H86NO7P. The summed E-state index contributed by atoms with van der Waals surface area (Å²) in [5.41, 5.74) is 0. The molecule has 0 bridgehead atoms. The summed E-state index contributed by atoms with van der Waals surface area (Å²) < 4.78 is 34.6. The fourth-order valence-electron chi connectivity index (χ4n) is 5.48. The van der Waals surface area contributed by atoms with Gasteiger partial charge >= 0.3 is 5.97 Å². The highest BCUT2D eigenvalue weighted by molar-refractivity contribution is 7.45. The van der Waals surface area contributed by atoms with E-state index in [1.54, 1.807) is 0 Å². The lowest BCUT2D eigenvalue weighted by Gasteiger charge is -2.28. The van der Waals surface area contributed by atoms with Crippen LogP contribution in [0.5, 0.6) is 0 Å². The van der Waals surface area contributed by atoms with Gasteiger partial charge in [0.25, 0.3) is 7.82 Å². The molecule has 0 aromatic rings. The van der Waals surface area contributed by atoms with Gasteiger partial charge < -0.3 is 27.9 Å². The van der Waals surface area contributed by atoms with Gasteiger partial charge in [0.05, 0.1) is 34.4 Å². The Bertz CT molecular complexity index is 1380. The number of carbonyl (C=O) groups is 1. The quantitative estimate of drug-likeness (QED) is 0.0199. The average molecular weight is 868 g/mol. The van der Waals surface area contributed by atoms with Gasteiger partial charge in [-0.15, -0.1) is 0 Å². The molecule has 9 heteroatoms. The van der Waals surface area contributed by atoms with Crippen LogP contribution >= 0.6 is 7.82 Å². The number of likely N-dealkylation sites (N-methyl/N-ethyl adjacent to an activating group) is 1. The molecule has 0 aliphatic rings. The van der Waals surface area contributed by atoms with E-state index in [9.17, 15) is 14.3 Å². The first kappa shape index (κ1) is 57.9. The Balaban J connectivity index is 4.38. The van der Waals surface area contributed by atoms with E-state index in [-0.39, 0.29) is 32.2 Å². The number of phosphoric acid groups is 1. The topological polar surface area (TPSA) is 94.1 Å². The molecule has 2 atom stereocenters. The second-order valence-electron chi connectivity index (χ2n) is 16.0. The highest BCUT2D eigenvalue weighted by Gasteiger charge is 2.20. The highest BCUT2D eigenvalue weighted by atomic mass is 31.2.